The number of methoxy groups -OCH3 is 1. The highest BCUT2D eigenvalue weighted by Crippen LogP contribution is 2.27. The van der Waals surface area contributed by atoms with Gasteiger partial charge in [-0.3, -0.25) is 4.79 Å². The molecule has 0 radical (unpaired) electrons. The number of amides is 1. The molecule has 5 heteroatoms. The quantitative estimate of drug-likeness (QED) is 0.770. The molecular formula is C16H26N2O3. The molecule has 0 saturated heterocycles. The number of nitrogens with two attached hydrogens (primary N) is 1. The van der Waals surface area contributed by atoms with Crippen LogP contribution in [0, 0.1) is 5.92 Å². The van der Waals surface area contributed by atoms with Crippen molar-refractivity contribution in [2.75, 3.05) is 13.7 Å². The zero-order valence-electron chi connectivity index (χ0n) is 13.3. The van der Waals surface area contributed by atoms with E-state index in [0.29, 0.717) is 24.7 Å². The summed E-state index contributed by atoms with van der Waals surface area (Å²) in [5, 5.41) is 2.86. The van der Waals surface area contributed by atoms with E-state index in [0.717, 1.165) is 12.0 Å². The molecule has 0 bridgehead atoms. The van der Waals surface area contributed by atoms with E-state index >= 15 is 0 Å². The first-order valence-corrected chi connectivity index (χ1v) is 7.36. The van der Waals surface area contributed by atoms with Crippen molar-refractivity contribution in [1.29, 1.82) is 0 Å². The highest BCUT2D eigenvalue weighted by atomic mass is 16.5. The summed E-state index contributed by atoms with van der Waals surface area (Å²) < 4.78 is 10.7. The van der Waals surface area contributed by atoms with Crippen molar-refractivity contribution in [2.45, 2.75) is 39.8 Å². The molecular weight excluding hydrogens is 268 g/mol. The van der Waals surface area contributed by atoms with Crippen LogP contribution in [0.4, 0.5) is 0 Å². The maximum Gasteiger partial charge on any atom is 0.237 e. The molecule has 0 heterocycles. The Bertz CT molecular complexity index is 463. The van der Waals surface area contributed by atoms with Gasteiger partial charge in [-0.25, -0.2) is 0 Å². The summed E-state index contributed by atoms with van der Waals surface area (Å²) in [6, 6.07) is 5.13. The summed E-state index contributed by atoms with van der Waals surface area (Å²) in [5.41, 5.74) is 6.85. The number of carbonyl (C=O) groups excluding carboxylic acids is 1. The standard InChI is InChI=1S/C16H26N2O3/c1-5-11(3)15(17)16(19)18-10-12-7-8-13(20-4)14(9-12)21-6-2/h7-9,11,15H,5-6,10,17H2,1-4H3,(H,18,19). The molecule has 0 fully saturated rings. The first-order chi connectivity index (χ1) is 10.0. The van der Waals surface area contributed by atoms with E-state index in [2.05, 4.69) is 5.32 Å². The molecule has 118 valence electrons. The lowest BCUT2D eigenvalue weighted by Crippen LogP contribution is -2.44. The highest BCUT2D eigenvalue weighted by Gasteiger charge is 2.19. The van der Waals surface area contributed by atoms with Crippen molar-refractivity contribution in [3.63, 3.8) is 0 Å². The van der Waals surface area contributed by atoms with Gasteiger partial charge in [-0.15, -0.1) is 0 Å². The van der Waals surface area contributed by atoms with Gasteiger partial charge in [0, 0.05) is 6.54 Å². The van der Waals surface area contributed by atoms with Gasteiger partial charge in [0.25, 0.3) is 0 Å². The molecule has 1 aromatic carbocycles. The predicted molar refractivity (Wildman–Crippen MR) is 83.4 cm³/mol. The van der Waals surface area contributed by atoms with E-state index in [-0.39, 0.29) is 11.8 Å². The zero-order chi connectivity index (χ0) is 15.8. The van der Waals surface area contributed by atoms with E-state index < -0.39 is 6.04 Å². The Labute approximate surface area is 126 Å². The molecule has 0 aliphatic rings. The Kier molecular flexibility index (Phi) is 7.02. The van der Waals surface area contributed by atoms with Gasteiger partial charge in [0.1, 0.15) is 0 Å². The lowest BCUT2D eigenvalue weighted by Gasteiger charge is -2.18. The summed E-state index contributed by atoms with van der Waals surface area (Å²) in [4.78, 5) is 12.0. The summed E-state index contributed by atoms with van der Waals surface area (Å²) in [7, 11) is 1.60. The molecule has 0 aliphatic carbocycles. The molecule has 2 unspecified atom stereocenters. The number of hydrogen-bond donors (Lipinski definition) is 2. The van der Waals surface area contributed by atoms with Gasteiger partial charge >= 0.3 is 0 Å². The number of benzene rings is 1. The lowest BCUT2D eigenvalue weighted by atomic mass is 9.99. The maximum atomic E-state index is 12.0. The van der Waals surface area contributed by atoms with E-state index in [4.69, 9.17) is 15.2 Å². The van der Waals surface area contributed by atoms with E-state index in [1.807, 2.05) is 39.0 Å². The fourth-order valence-corrected chi connectivity index (χ4v) is 1.92. The Hall–Kier alpha value is -1.75. The Morgan fingerprint density at radius 3 is 2.62 bits per heavy atom. The van der Waals surface area contributed by atoms with Crippen LogP contribution in [-0.2, 0) is 11.3 Å². The van der Waals surface area contributed by atoms with Crippen LogP contribution in [0.15, 0.2) is 18.2 Å². The molecule has 5 nitrogen and oxygen atoms in total. The van der Waals surface area contributed by atoms with Crippen molar-refractivity contribution in [3.05, 3.63) is 23.8 Å². The van der Waals surface area contributed by atoms with E-state index in [1.54, 1.807) is 7.11 Å². The maximum absolute atomic E-state index is 12.0. The molecule has 1 rings (SSSR count). The van der Waals surface area contributed by atoms with Crippen molar-refractivity contribution in [3.8, 4) is 11.5 Å². The summed E-state index contributed by atoms with van der Waals surface area (Å²) in [6.07, 6.45) is 0.881. The average molecular weight is 294 g/mol. The molecule has 0 spiro atoms. The van der Waals surface area contributed by atoms with Crippen molar-refractivity contribution >= 4 is 5.91 Å². The van der Waals surface area contributed by atoms with Crippen LogP contribution in [0.25, 0.3) is 0 Å². The molecule has 21 heavy (non-hydrogen) atoms. The zero-order valence-corrected chi connectivity index (χ0v) is 13.3. The molecule has 0 aliphatic heterocycles. The molecule has 0 saturated carbocycles. The largest absolute Gasteiger partial charge is 0.493 e. The summed E-state index contributed by atoms with van der Waals surface area (Å²) in [6.45, 7) is 6.90. The Balaban J connectivity index is 2.67. The van der Waals surface area contributed by atoms with Crippen molar-refractivity contribution < 1.29 is 14.3 Å². The molecule has 2 atom stereocenters. The van der Waals surface area contributed by atoms with Crippen molar-refractivity contribution in [2.24, 2.45) is 11.7 Å². The van der Waals surface area contributed by atoms with E-state index in [9.17, 15) is 4.79 Å². The third kappa shape index (κ3) is 4.93. The number of carbonyl (C=O) groups is 1. The van der Waals surface area contributed by atoms with Crippen LogP contribution < -0.4 is 20.5 Å². The van der Waals surface area contributed by atoms with Crippen molar-refractivity contribution in [1.82, 2.24) is 5.32 Å². The van der Waals surface area contributed by atoms with Gasteiger partial charge in [0.2, 0.25) is 5.91 Å². The fourth-order valence-electron chi connectivity index (χ4n) is 1.92. The third-order valence-corrected chi connectivity index (χ3v) is 3.55. The minimum Gasteiger partial charge on any atom is -0.493 e. The third-order valence-electron chi connectivity index (χ3n) is 3.55. The molecule has 1 amide bonds. The average Bonchev–Trinajstić information content (AvgIpc) is 2.51. The monoisotopic (exact) mass is 294 g/mol. The number of rotatable bonds is 8. The van der Waals surface area contributed by atoms with Gasteiger partial charge in [0.15, 0.2) is 11.5 Å². The topological polar surface area (TPSA) is 73.6 Å². The normalized spacial score (nSPS) is 13.4. The first kappa shape index (κ1) is 17.3. The second-order valence-electron chi connectivity index (χ2n) is 5.05. The SMILES string of the molecule is CCOc1cc(CNC(=O)C(N)C(C)CC)ccc1OC. The van der Waals surface area contributed by atoms with Crippen LogP contribution in [0.1, 0.15) is 32.8 Å². The fraction of sp³-hybridized carbons (Fsp3) is 0.562. The Morgan fingerprint density at radius 1 is 1.33 bits per heavy atom. The Morgan fingerprint density at radius 2 is 2.05 bits per heavy atom. The van der Waals surface area contributed by atoms with Crippen LogP contribution in [-0.4, -0.2) is 25.7 Å². The first-order valence-electron chi connectivity index (χ1n) is 7.36. The molecule has 0 aromatic heterocycles. The van der Waals surface area contributed by atoms with Gasteiger partial charge in [-0.05, 0) is 30.5 Å². The molecule has 1 aromatic rings. The highest BCUT2D eigenvalue weighted by molar-refractivity contribution is 5.81. The van der Waals surface area contributed by atoms with Gasteiger partial charge in [-0.2, -0.15) is 0 Å². The molecule has 3 N–H and O–H groups in total. The second kappa shape index (κ2) is 8.52. The number of hydrogen-bond acceptors (Lipinski definition) is 4. The predicted octanol–water partition coefficient (Wildman–Crippen LogP) is 2.08. The van der Waals surface area contributed by atoms with Gasteiger partial charge in [-0.1, -0.05) is 26.3 Å². The van der Waals surface area contributed by atoms with Crippen LogP contribution in [0.5, 0.6) is 11.5 Å². The van der Waals surface area contributed by atoms with E-state index in [1.165, 1.54) is 0 Å². The number of ether oxygens (including phenoxy) is 2. The summed E-state index contributed by atoms with van der Waals surface area (Å²) >= 11 is 0. The van der Waals surface area contributed by atoms with Gasteiger partial charge in [0.05, 0.1) is 19.8 Å². The number of nitrogens with one attached hydrogen (secondary N) is 1. The van der Waals surface area contributed by atoms with Gasteiger partial charge < -0.3 is 20.5 Å². The second-order valence-corrected chi connectivity index (χ2v) is 5.05. The van der Waals surface area contributed by atoms with Crippen LogP contribution in [0.2, 0.25) is 0 Å². The smallest absolute Gasteiger partial charge is 0.237 e. The van der Waals surface area contributed by atoms with Crippen LogP contribution in [0.3, 0.4) is 0 Å². The lowest BCUT2D eigenvalue weighted by molar-refractivity contribution is -0.123. The van der Waals surface area contributed by atoms with Crippen LogP contribution >= 0.6 is 0 Å². The minimum absolute atomic E-state index is 0.127. The minimum atomic E-state index is -0.473. The summed E-state index contributed by atoms with van der Waals surface area (Å²) in [5.74, 6) is 1.40.